The van der Waals surface area contributed by atoms with E-state index in [-0.39, 0.29) is 11.7 Å². The van der Waals surface area contributed by atoms with Crippen LogP contribution in [0.15, 0.2) is 53.0 Å². The second-order valence-electron chi connectivity index (χ2n) is 5.27. The minimum absolute atomic E-state index is 0.0479. The van der Waals surface area contributed by atoms with E-state index in [2.05, 4.69) is 15.9 Å². The molecule has 0 saturated heterocycles. The number of carbonyl (C=O) groups excluding carboxylic acids is 1. The molecule has 2 nitrogen and oxygen atoms in total. The van der Waals surface area contributed by atoms with Crippen molar-refractivity contribution in [3.8, 4) is 0 Å². The van der Waals surface area contributed by atoms with E-state index in [1.165, 1.54) is 12.1 Å². The highest BCUT2D eigenvalue weighted by atomic mass is 79.9. The van der Waals surface area contributed by atoms with Gasteiger partial charge < -0.3 is 4.90 Å². The molecule has 0 unspecified atom stereocenters. The molecule has 1 aliphatic rings. The molecule has 2 aromatic carbocycles. The highest BCUT2D eigenvalue weighted by Crippen LogP contribution is 2.31. The van der Waals surface area contributed by atoms with Gasteiger partial charge in [0.25, 0.3) is 5.91 Å². The molecule has 0 radical (unpaired) electrons. The average Bonchev–Trinajstić information content (AvgIpc) is 3.30. The highest BCUT2D eigenvalue weighted by molar-refractivity contribution is 9.10. The summed E-state index contributed by atoms with van der Waals surface area (Å²) in [5.74, 6) is -0.396. The Morgan fingerprint density at radius 3 is 2.52 bits per heavy atom. The van der Waals surface area contributed by atoms with Gasteiger partial charge in [-0.05, 0) is 52.5 Å². The largest absolute Gasteiger partial charge is 0.331 e. The van der Waals surface area contributed by atoms with E-state index in [0.717, 1.165) is 18.4 Å². The van der Waals surface area contributed by atoms with Gasteiger partial charge in [0.1, 0.15) is 5.82 Å². The van der Waals surface area contributed by atoms with Gasteiger partial charge >= 0.3 is 0 Å². The lowest BCUT2D eigenvalue weighted by Gasteiger charge is -2.23. The number of rotatable bonds is 4. The number of benzene rings is 2. The molecule has 4 heteroatoms. The van der Waals surface area contributed by atoms with Crippen molar-refractivity contribution in [1.82, 2.24) is 4.90 Å². The van der Waals surface area contributed by atoms with Crippen molar-refractivity contribution in [2.75, 3.05) is 0 Å². The third-order valence-corrected chi connectivity index (χ3v) is 4.26. The summed E-state index contributed by atoms with van der Waals surface area (Å²) in [6.45, 7) is 0.591. The first kappa shape index (κ1) is 14.3. The normalized spacial score (nSPS) is 14.0. The van der Waals surface area contributed by atoms with E-state index in [4.69, 9.17) is 0 Å². The molecule has 108 valence electrons. The number of amides is 1. The lowest BCUT2D eigenvalue weighted by Crippen LogP contribution is -2.32. The van der Waals surface area contributed by atoms with Crippen LogP contribution in [0.4, 0.5) is 4.39 Å². The summed E-state index contributed by atoms with van der Waals surface area (Å²) in [5, 5.41) is 0. The van der Waals surface area contributed by atoms with Gasteiger partial charge in [0.2, 0.25) is 0 Å². The monoisotopic (exact) mass is 347 g/mol. The van der Waals surface area contributed by atoms with Gasteiger partial charge in [-0.3, -0.25) is 4.79 Å². The second-order valence-corrected chi connectivity index (χ2v) is 6.13. The maximum atomic E-state index is 13.2. The summed E-state index contributed by atoms with van der Waals surface area (Å²) in [4.78, 5) is 14.6. The number of hydrogen-bond donors (Lipinski definition) is 0. The van der Waals surface area contributed by atoms with E-state index in [1.807, 2.05) is 35.2 Å². The third kappa shape index (κ3) is 3.32. The molecule has 0 aromatic heterocycles. The van der Waals surface area contributed by atoms with Crippen LogP contribution in [-0.2, 0) is 6.54 Å². The molecular weight excluding hydrogens is 333 g/mol. The van der Waals surface area contributed by atoms with Gasteiger partial charge in [-0.15, -0.1) is 0 Å². The van der Waals surface area contributed by atoms with Crippen molar-refractivity contribution in [2.45, 2.75) is 25.4 Å². The fourth-order valence-electron chi connectivity index (χ4n) is 2.35. The van der Waals surface area contributed by atoms with Gasteiger partial charge in [0, 0.05) is 17.1 Å². The minimum Gasteiger partial charge on any atom is -0.331 e. The summed E-state index contributed by atoms with van der Waals surface area (Å²) < 4.78 is 13.7. The van der Waals surface area contributed by atoms with Crippen molar-refractivity contribution in [3.63, 3.8) is 0 Å². The maximum absolute atomic E-state index is 13.2. The van der Waals surface area contributed by atoms with Crippen molar-refractivity contribution in [2.24, 2.45) is 0 Å². The van der Waals surface area contributed by atoms with Crippen molar-refractivity contribution in [3.05, 3.63) is 69.9 Å². The molecule has 1 amide bonds. The first-order chi connectivity index (χ1) is 10.1. The van der Waals surface area contributed by atoms with E-state index < -0.39 is 0 Å². The summed E-state index contributed by atoms with van der Waals surface area (Å²) in [5.41, 5.74) is 1.62. The number of carbonyl (C=O) groups is 1. The lowest BCUT2D eigenvalue weighted by molar-refractivity contribution is 0.0729. The topological polar surface area (TPSA) is 20.3 Å². The molecule has 1 saturated carbocycles. The standard InChI is InChI=1S/C17H15BrFNO/c18-16-10-13(19)6-9-15(16)17(21)20(14-7-8-14)11-12-4-2-1-3-5-12/h1-6,9-10,14H,7-8,11H2. The Kier molecular flexibility index (Phi) is 4.06. The molecule has 0 bridgehead atoms. The van der Waals surface area contributed by atoms with Crippen LogP contribution in [0, 0.1) is 5.82 Å². The van der Waals surface area contributed by atoms with Gasteiger partial charge in [-0.25, -0.2) is 4.39 Å². The number of hydrogen-bond acceptors (Lipinski definition) is 1. The molecular formula is C17H15BrFNO. The van der Waals surface area contributed by atoms with E-state index >= 15 is 0 Å². The average molecular weight is 348 g/mol. The SMILES string of the molecule is O=C(c1ccc(F)cc1Br)N(Cc1ccccc1)C1CC1. The highest BCUT2D eigenvalue weighted by Gasteiger charge is 2.33. The quantitative estimate of drug-likeness (QED) is 0.802. The van der Waals surface area contributed by atoms with Gasteiger partial charge in [-0.2, -0.15) is 0 Å². The maximum Gasteiger partial charge on any atom is 0.255 e. The number of nitrogens with zero attached hydrogens (tertiary/aromatic N) is 1. The molecule has 2 aromatic rings. The van der Waals surface area contributed by atoms with Gasteiger partial charge in [0.15, 0.2) is 0 Å². The Morgan fingerprint density at radius 1 is 1.19 bits per heavy atom. The van der Waals surface area contributed by atoms with Crippen LogP contribution in [0.5, 0.6) is 0 Å². The van der Waals surface area contributed by atoms with Crippen LogP contribution in [-0.4, -0.2) is 16.8 Å². The summed E-state index contributed by atoms with van der Waals surface area (Å²) in [6.07, 6.45) is 2.08. The Morgan fingerprint density at radius 2 is 1.90 bits per heavy atom. The van der Waals surface area contributed by atoms with Crippen molar-refractivity contribution >= 4 is 21.8 Å². The van der Waals surface area contributed by atoms with E-state index in [1.54, 1.807) is 6.07 Å². The van der Waals surface area contributed by atoms with Crippen LogP contribution in [0.25, 0.3) is 0 Å². The molecule has 0 atom stereocenters. The first-order valence-corrected chi connectivity index (χ1v) is 7.74. The Hall–Kier alpha value is -1.68. The molecule has 0 heterocycles. The molecule has 1 aliphatic carbocycles. The Labute approximate surface area is 131 Å². The van der Waals surface area contributed by atoms with Crippen LogP contribution < -0.4 is 0 Å². The lowest BCUT2D eigenvalue weighted by atomic mass is 10.1. The fourth-order valence-corrected chi connectivity index (χ4v) is 2.87. The van der Waals surface area contributed by atoms with Crippen molar-refractivity contribution in [1.29, 1.82) is 0 Å². The molecule has 1 fully saturated rings. The molecule has 21 heavy (non-hydrogen) atoms. The predicted molar refractivity (Wildman–Crippen MR) is 83.4 cm³/mol. The summed E-state index contributed by atoms with van der Waals surface area (Å²) in [7, 11) is 0. The summed E-state index contributed by atoms with van der Waals surface area (Å²) in [6, 6.07) is 14.4. The third-order valence-electron chi connectivity index (χ3n) is 3.61. The van der Waals surface area contributed by atoms with Crippen LogP contribution >= 0.6 is 15.9 Å². The molecule has 3 rings (SSSR count). The second kappa shape index (κ2) is 5.98. The minimum atomic E-state index is -0.348. The molecule has 0 aliphatic heterocycles. The zero-order valence-corrected chi connectivity index (χ0v) is 13.0. The first-order valence-electron chi connectivity index (χ1n) is 6.95. The summed E-state index contributed by atoms with van der Waals surface area (Å²) >= 11 is 3.28. The Bertz CT molecular complexity index is 655. The van der Waals surface area contributed by atoms with E-state index in [0.29, 0.717) is 22.6 Å². The molecule has 0 spiro atoms. The van der Waals surface area contributed by atoms with Crippen LogP contribution in [0.2, 0.25) is 0 Å². The zero-order chi connectivity index (χ0) is 14.8. The van der Waals surface area contributed by atoms with Crippen LogP contribution in [0.1, 0.15) is 28.8 Å². The predicted octanol–water partition coefficient (Wildman–Crippen LogP) is 4.39. The van der Waals surface area contributed by atoms with Crippen LogP contribution in [0.3, 0.4) is 0 Å². The zero-order valence-electron chi connectivity index (χ0n) is 11.4. The van der Waals surface area contributed by atoms with Gasteiger partial charge in [0.05, 0.1) is 5.56 Å². The van der Waals surface area contributed by atoms with E-state index in [9.17, 15) is 9.18 Å². The smallest absolute Gasteiger partial charge is 0.255 e. The Balaban J connectivity index is 1.85. The molecule has 0 N–H and O–H groups in total. The number of halogens is 2. The van der Waals surface area contributed by atoms with Crippen molar-refractivity contribution < 1.29 is 9.18 Å². The fraction of sp³-hybridized carbons (Fsp3) is 0.235. The van der Waals surface area contributed by atoms with Gasteiger partial charge in [-0.1, -0.05) is 30.3 Å².